The van der Waals surface area contributed by atoms with Gasteiger partial charge in [-0.3, -0.25) is 0 Å². The highest BCUT2D eigenvalue weighted by molar-refractivity contribution is 7.89. The first kappa shape index (κ1) is 13.5. The number of hydrogen-bond acceptors (Lipinski definition) is 3. The first-order valence-corrected chi connectivity index (χ1v) is 7.29. The van der Waals surface area contributed by atoms with Crippen LogP contribution in [-0.2, 0) is 10.0 Å². The molecule has 2 rings (SSSR count). The van der Waals surface area contributed by atoms with Crippen LogP contribution in [0.3, 0.4) is 0 Å². The molecule has 1 aromatic carbocycles. The van der Waals surface area contributed by atoms with Crippen molar-refractivity contribution < 1.29 is 17.9 Å². The monoisotopic (exact) mass is 273 g/mol. The molecule has 1 aromatic rings. The lowest BCUT2D eigenvalue weighted by Gasteiger charge is -2.22. The number of aliphatic hydroxyl groups excluding tert-OH is 1. The molecule has 0 bridgehead atoms. The second-order valence-electron chi connectivity index (χ2n) is 4.51. The van der Waals surface area contributed by atoms with E-state index in [0.29, 0.717) is 18.5 Å². The molecule has 1 fully saturated rings. The van der Waals surface area contributed by atoms with E-state index in [1.165, 1.54) is 23.4 Å². The highest BCUT2D eigenvalue weighted by Crippen LogP contribution is 2.26. The smallest absolute Gasteiger partial charge is 0.243 e. The summed E-state index contributed by atoms with van der Waals surface area (Å²) in [7, 11) is -3.63. The number of benzene rings is 1. The third-order valence-electron chi connectivity index (χ3n) is 3.27. The van der Waals surface area contributed by atoms with Gasteiger partial charge in [-0.05, 0) is 43.5 Å². The fourth-order valence-corrected chi connectivity index (χ4v) is 3.99. The Balaban J connectivity index is 2.38. The molecule has 0 unspecified atom stereocenters. The topological polar surface area (TPSA) is 57.6 Å². The number of aryl methyl sites for hydroxylation is 1. The number of aliphatic hydroxyl groups is 1. The summed E-state index contributed by atoms with van der Waals surface area (Å²) in [5.74, 6) is -0.422. The number of nitrogens with zero attached hydrogens (tertiary/aromatic N) is 1. The van der Waals surface area contributed by atoms with Crippen LogP contribution >= 0.6 is 0 Å². The molecule has 0 aromatic heterocycles. The predicted octanol–water partition coefficient (Wildman–Crippen LogP) is 1.28. The van der Waals surface area contributed by atoms with Crippen LogP contribution in [0.4, 0.5) is 4.39 Å². The molecule has 0 aliphatic carbocycles. The maximum atomic E-state index is 13.2. The summed E-state index contributed by atoms with van der Waals surface area (Å²) in [5, 5.41) is 9.18. The van der Waals surface area contributed by atoms with E-state index in [-0.39, 0.29) is 17.5 Å². The minimum absolute atomic E-state index is 0.0850. The number of sulfonamides is 1. The van der Waals surface area contributed by atoms with Crippen LogP contribution < -0.4 is 0 Å². The van der Waals surface area contributed by atoms with E-state index >= 15 is 0 Å². The van der Waals surface area contributed by atoms with Gasteiger partial charge in [-0.15, -0.1) is 0 Å². The van der Waals surface area contributed by atoms with Gasteiger partial charge in [-0.1, -0.05) is 0 Å². The first-order valence-electron chi connectivity index (χ1n) is 5.85. The third-order valence-corrected chi connectivity index (χ3v) is 5.22. The summed E-state index contributed by atoms with van der Waals surface area (Å²) in [6.07, 6.45) is 1.40. The van der Waals surface area contributed by atoms with Gasteiger partial charge in [0.1, 0.15) is 5.82 Å². The van der Waals surface area contributed by atoms with E-state index in [2.05, 4.69) is 0 Å². The second kappa shape index (κ2) is 4.95. The van der Waals surface area contributed by atoms with E-state index in [0.717, 1.165) is 12.5 Å². The van der Waals surface area contributed by atoms with Gasteiger partial charge in [-0.25, -0.2) is 12.8 Å². The molecule has 1 saturated heterocycles. The van der Waals surface area contributed by atoms with Crippen LogP contribution in [0.1, 0.15) is 18.4 Å². The minimum atomic E-state index is -3.63. The van der Waals surface area contributed by atoms with Gasteiger partial charge in [0.2, 0.25) is 10.0 Å². The van der Waals surface area contributed by atoms with Crippen LogP contribution in [0.5, 0.6) is 0 Å². The van der Waals surface area contributed by atoms with Gasteiger partial charge in [0.05, 0.1) is 11.5 Å². The van der Waals surface area contributed by atoms with E-state index in [1.54, 1.807) is 0 Å². The Morgan fingerprint density at radius 2 is 2.22 bits per heavy atom. The van der Waals surface area contributed by atoms with Crippen molar-refractivity contribution in [2.45, 2.75) is 30.7 Å². The molecule has 0 radical (unpaired) electrons. The lowest BCUT2D eigenvalue weighted by molar-refractivity contribution is 0.213. The van der Waals surface area contributed by atoms with E-state index in [4.69, 9.17) is 0 Å². The molecular formula is C12H16FNO3S. The molecule has 6 heteroatoms. The van der Waals surface area contributed by atoms with Crippen molar-refractivity contribution in [2.75, 3.05) is 13.2 Å². The van der Waals surface area contributed by atoms with Gasteiger partial charge in [0, 0.05) is 12.6 Å². The summed E-state index contributed by atoms with van der Waals surface area (Å²) < 4.78 is 39.2. The molecule has 0 saturated carbocycles. The van der Waals surface area contributed by atoms with E-state index in [9.17, 15) is 17.9 Å². The number of hydrogen-bond donors (Lipinski definition) is 1. The van der Waals surface area contributed by atoms with Crippen LogP contribution in [-0.4, -0.2) is 37.0 Å². The zero-order valence-corrected chi connectivity index (χ0v) is 11.0. The average molecular weight is 273 g/mol. The average Bonchev–Trinajstić information content (AvgIpc) is 2.81. The van der Waals surface area contributed by atoms with Gasteiger partial charge in [0.15, 0.2) is 0 Å². The van der Waals surface area contributed by atoms with E-state index in [1.807, 2.05) is 0 Å². The van der Waals surface area contributed by atoms with Gasteiger partial charge in [0.25, 0.3) is 0 Å². The molecule has 18 heavy (non-hydrogen) atoms. The Bertz CT molecular complexity index is 544. The van der Waals surface area contributed by atoms with E-state index < -0.39 is 15.8 Å². The van der Waals surface area contributed by atoms with Gasteiger partial charge < -0.3 is 5.11 Å². The maximum Gasteiger partial charge on any atom is 0.243 e. The molecule has 1 atom stereocenters. The van der Waals surface area contributed by atoms with Crippen molar-refractivity contribution in [3.8, 4) is 0 Å². The minimum Gasteiger partial charge on any atom is -0.395 e. The van der Waals surface area contributed by atoms with Crippen LogP contribution in [0.15, 0.2) is 23.1 Å². The Labute approximate surface area is 106 Å². The molecule has 0 amide bonds. The quantitative estimate of drug-likeness (QED) is 0.902. The van der Waals surface area contributed by atoms with Gasteiger partial charge in [-0.2, -0.15) is 4.31 Å². The fraction of sp³-hybridized carbons (Fsp3) is 0.500. The SMILES string of the molecule is Cc1cc(S(=O)(=O)N2CCC[C@H]2CO)ccc1F. The molecule has 4 nitrogen and oxygen atoms in total. The summed E-state index contributed by atoms with van der Waals surface area (Å²) in [4.78, 5) is 0.0850. The van der Waals surface area contributed by atoms with Crippen molar-refractivity contribution in [3.63, 3.8) is 0 Å². The molecule has 0 spiro atoms. The molecule has 1 heterocycles. The summed E-state index contributed by atoms with van der Waals surface area (Å²) in [5.41, 5.74) is 0.302. The third kappa shape index (κ3) is 2.28. The van der Waals surface area contributed by atoms with Crippen molar-refractivity contribution >= 4 is 10.0 Å². The van der Waals surface area contributed by atoms with Crippen molar-refractivity contribution in [3.05, 3.63) is 29.6 Å². The van der Waals surface area contributed by atoms with Gasteiger partial charge >= 0.3 is 0 Å². The van der Waals surface area contributed by atoms with Crippen molar-refractivity contribution in [1.82, 2.24) is 4.31 Å². The largest absolute Gasteiger partial charge is 0.395 e. The van der Waals surface area contributed by atoms with Crippen LogP contribution in [0.25, 0.3) is 0 Å². The first-order chi connectivity index (χ1) is 8.46. The lowest BCUT2D eigenvalue weighted by Crippen LogP contribution is -2.37. The van der Waals surface area contributed by atoms with Crippen molar-refractivity contribution in [1.29, 1.82) is 0 Å². The Hall–Kier alpha value is -0.980. The second-order valence-corrected chi connectivity index (χ2v) is 6.40. The zero-order valence-electron chi connectivity index (χ0n) is 10.1. The van der Waals surface area contributed by atoms with Crippen LogP contribution in [0.2, 0.25) is 0 Å². The molecule has 1 aliphatic rings. The molecular weight excluding hydrogens is 257 g/mol. The predicted molar refractivity (Wildman–Crippen MR) is 65.1 cm³/mol. The Kier molecular flexibility index (Phi) is 3.70. The molecule has 1 N–H and O–H groups in total. The molecule has 1 aliphatic heterocycles. The van der Waals surface area contributed by atoms with Crippen LogP contribution in [0, 0.1) is 12.7 Å². The number of rotatable bonds is 3. The highest BCUT2D eigenvalue weighted by atomic mass is 32.2. The fourth-order valence-electron chi connectivity index (χ4n) is 2.22. The normalized spacial score (nSPS) is 21.4. The maximum absolute atomic E-state index is 13.2. The summed E-state index contributed by atoms with van der Waals surface area (Å²) in [6.45, 7) is 1.76. The lowest BCUT2D eigenvalue weighted by atomic mass is 10.2. The Morgan fingerprint density at radius 3 is 2.83 bits per heavy atom. The van der Waals surface area contributed by atoms with Crippen molar-refractivity contribution in [2.24, 2.45) is 0 Å². The summed E-state index contributed by atoms with van der Waals surface area (Å²) in [6, 6.07) is 3.40. The highest BCUT2D eigenvalue weighted by Gasteiger charge is 2.34. The summed E-state index contributed by atoms with van der Waals surface area (Å²) >= 11 is 0. The molecule has 100 valence electrons. The zero-order chi connectivity index (χ0) is 13.3. The standard InChI is InChI=1S/C12H16FNO3S/c1-9-7-11(4-5-12(9)13)18(16,17)14-6-2-3-10(14)8-15/h4-5,7,10,15H,2-3,6,8H2,1H3/t10-/m0/s1. The number of halogens is 1. The Morgan fingerprint density at radius 1 is 1.50 bits per heavy atom.